The summed E-state index contributed by atoms with van der Waals surface area (Å²) < 4.78 is 5.58. The molecular formula is C14H11NO2. The van der Waals surface area contributed by atoms with Crippen LogP contribution in [0.3, 0.4) is 0 Å². The second kappa shape index (κ2) is 5.04. The zero-order valence-corrected chi connectivity index (χ0v) is 9.13. The van der Waals surface area contributed by atoms with Crippen LogP contribution >= 0.6 is 0 Å². The zero-order chi connectivity index (χ0) is 12.1. The van der Waals surface area contributed by atoms with Gasteiger partial charge in [-0.15, -0.1) is 0 Å². The Balaban J connectivity index is 2.24. The van der Waals surface area contributed by atoms with Crippen molar-refractivity contribution in [3.8, 4) is 23.3 Å². The molecule has 2 rings (SSSR count). The third-order valence-corrected chi connectivity index (χ3v) is 2.21. The van der Waals surface area contributed by atoms with Crippen LogP contribution < -0.4 is 4.74 Å². The first-order valence-electron chi connectivity index (χ1n) is 5.21. The van der Waals surface area contributed by atoms with Gasteiger partial charge in [-0.1, -0.05) is 18.2 Å². The van der Waals surface area contributed by atoms with Crippen molar-refractivity contribution in [2.75, 3.05) is 0 Å². The van der Waals surface area contributed by atoms with Crippen molar-refractivity contribution in [1.29, 1.82) is 5.26 Å². The average molecular weight is 225 g/mol. The van der Waals surface area contributed by atoms with E-state index in [0.29, 0.717) is 11.5 Å². The predicted molar refractivity (Wildman–Crippen MR) is 63.9 cm³/mol. The number of nitrogens with zero attached hydrogens (tertiary/aromatic N) is 1. The van der Waals surface area contributed by atoms with Gasteiger partial charge in [0.1, 0.15) is 17.2 Å². The summed E-state index contributed by atoms with van der Waals surface area (Å²) in [5.41, 5.74) is 0.735. The third-order valence-electron chi connectivity index (χ3n) is 2.21. The maximum absolute atomic E-state index is 9.51. The zero-order valence-electron chi connectivity index (χ0n) is 9.13. The van der Waals surface area contributed by atoms with Gasteiger partial charge in [0.25, 0.3) is 0 Å². The molecule has 0 bridgehead atoms. The fourth-order valence-electron chi connectivity index (χ4n) is 1.52. The van der Waals surface area contributed by atoms with Crippen molar-refractivity contribution in [3.05, 3.63) is 54.1 Å². The van der Waals surface area contributed by atoms with Gasteiger partial charge in [-0.3, -0.25) is 0 Å². The van der Waals surface area contributed by atoms with Crippen LogP contribution in [-0.2, 0) is 6.42 Å². The van der Waals surface area contributed by atoms with Gasteiger partial charge in [-0.05, 0) is 29.8 Å². The molecule has 0 spiro atoms. The molecule has 0 aliphatic rings. The lowest BCUT2D eigenvalue weighted by Crippen LogP contribution is -1.87. The van der Waals surface area contributed by atoms with Gasteiger partial charge in [0, 0.05) is 6.07 Å². The predicted octanol–water partition coefficient (Wildman–Crippen LogP) is 3.25. The first kappa shape index (κ1) is 11.0. The van der Waals surface area contributed by atoms with E-state index >= 15 is 0 Å². The molecule has 0 unspecified atom stereocenters. The molecule has 0 atom stereocenters. The molecule has 1 N–H and O–H groups in total. The van der Waals surface area contributed by atoms with Crippen molar-refractivity contribution in [2.24, 2.45) is 0 Å². The molecule has 0 aliphatic carbocycles. The van der Waals surface area contributed by atoms with Gasteiger partial charge in [-0.2, -0.15) is 5.26 Å². The number of aromatic hydroxyl groups is 1. The van der Waals surface area contributed by atoms with E-state index in [1.165, 1.54) is 6.07 Å². The Morgan fingerprint density at radius 3 is 2.53 bits per heavy atom. The fraction of sp³-hybridized carbons (Fsp3) is 0.0714. The molecule has 0 amide bonds. The first-order chi connectivity index (χ1) is 8.28. The van der Waals surface area contributed by atoms with E-state index in [2.05, 4.69) is 0 Å². The maximum atomic E-state index is 9.51. The molecular weight excluding hydrogens is 214 g/mol. The number of hydrogen-bond acceptors (Lipinski definition) is 3. The summed E-state index contributed by atoms with van der Waals surface area (Å²) >= 11 is 0. The highest BCUT2D eigenvalue weighted by Crippen LogP contribution is 2.26. The lowest BCUT2D eigenvalue weighted by molar-refractivity contribution is 0.454. The van der Waals surface area contributed by atoms with Gasteiger partial charge in [-0.25, -0.2) is 0 Å². The van der Waals surface area contributed by atoms with Crippen molar-refractivity contribution >= 4 is 0 Å². The Hall–Kier alpha value is -2.47. The van der Waals surface area contributed by atoms with E-state index in [0.717, 1.165) is 5.56 Å². The Bertz CT molecular complexity index is 544. The van der Waals surface area contributed by atoms with Crippen LogP contribution in [0, 0.1) is 11.3 Å². The minimum atomic E-state index is 0.101. The number of rotatable bonds is 3. The Kier molecular flexibility index (Phi) is 3.27. The molecule has 0 aliphatic heterocycles. The van der Waals surface area contributed by atoms with E-state index in [1.54, 1.807) is 12.1 Å². The normalized spacial score (nSPS) is 9.59. The van der Waals surface area contributed by atoms with E-state index < -0.39 is 0 Å². The third kappa shape index (κ3) is 2.99. The van der Waals surface area contributed by atoms with E-state index in [-0.39, 0.29) is 12.2 Å². The standard InChI is InChI=1S/C14H11NO2/c15-7-6-11-8-12(16)10-14(9-11)17-13-4-2-1-3-5-13/h1-5,8-10,16H,6H2. The second-order valence-electron chi connectivity index (χ2n) is 3.59. The molecule has 2 aromatic rings. The van der Waals surface area contributed by atoms with Gasteiger partial charge in [0.15, 0.2) is 0 Å². The van der Waals surface area contributed by atoms with Crippen LogP contribution in [0.5, 0.6) is 17.2 Å². The van der Waals surface area contributed by atoms with E-state index in [1.807, 2.05) is 36.4 Å². The largest absolute Gasteiger partial charge is 0.508 e. The van der Waals surface area contributed by atoms with Gasteiger partial charge < -0.3 is 9.84 Å². The summed E-state index contributed by atoms with van der Waals surface area (Å²) in [6.45, 7) is 0. The number of phenols is 1. The summed E-state index contributed by atoms with van der Waals surface area (Å²) in [5.74, 6) is 1.33. The second-order valence-corrected chi connectivity index (χ2v) is 3.59. The maximum Gasteiger partial charge on any atom is 0.131 e. The topological polar surface area (TPSA) is 53.2 Å². The smallest absolute Gasteiger partial charge is 0.131 e. The molecule has 0 aromatic heterocycles. The first-order valence-corrected chi connectivity index (χ1v) is 5.21. The van der Waals surface area contributed by atoms with Gasteiger partial charge in [0.05, 0.1) is 12.5 Å². The molecule has 0 saturated carbocycles. The van der Waals surface area contributed by atoms with Crippen LogP contribution in [-0.4, -0.2) is 5.11 Å². The van der Waals surface area contributed by atoms with Crippen LogP contribution in [0.25, 0.3) is 0 Å². The highest BCUT2D eigenvalue weighted by Gasteiger charge is 2.02. The van der Waals surface area contributed by atoms with Crippen LogP contribution in [0.15, 0.2) is 48.5 Å². The van der Waals surface area contributed by atoms with E-state index in [4.69, 9.17) is 10.00 Å². The van der Waals surface area contributed by atoms with Crippen molar-refractivity contribution in [3.63, 3.8) is 0 Å². The molecule has 2 aromatic carbocycles. The number of nitriles is 1. The summed E-state index contributed by atoms with van der Waals surface area (Å²) in [6, 6.07) is 16.2. The molecule has 84 valence electrons. The number of para-hydroxylation sites is 1. The molecule has 0 radical (unpaired) electrons. The average Bonchev–Trinajstić information content (AvgIpc) is 2.30. The number of benzene rings is 2. The summed E-state index contributed by atoms with van der Waals surface area (Å²) in [6.07, 6.45) is 0.250. The highest BCUT2D eigenvalue weighted by atomic mass is 16.5. The SMILES string of the molecule is N#CCc1cc(O)cc(Oc2ccccc2)c1. The monoisotopic (exact) mass is 225 g/mol. The Morgan fingerprint density at radius 2 is 1.82 bits per heavy atom. The van der Waals surface area contributed by atoms with Gasteiger partial charge >= 0.3 is 0 Å². The lowest BCUT2D eigenvalue weighted by Gasteiger charge is -2.07. The minimum absolute atomic E-state index is 0.101. The Labute approximate surface area is 99.5 Å². The number of ether oxygens (including phenoxy) is 1. The van der Waals surface area contributed by atoms with Crippen molar-refractivity contribution in [2.45, 2.75) is 6.42 Å². The van der Waals surface area contributed by atoms with Crippen LogP contribution in [0.4, 0.5) is 0 Å². The van der Waals surface area contributed by atoms with Crippen molar-refractivity contribution < 1.29 is 9.84 Å². The molecule has 3 heteroatoms. The van der Waals surface area contributed by atoms with Crippen LogP contribution in [0.1, 0.15) is 5.56 Å². The summed E-state index contributed by atoms with van der Waals surface area (Å²) in [5, 5.41) is 18.1. The summed E-state index contributed by atoms with van der Waals surface area (Å²) in [7, 11) is 0. The molecule has 3 nitrogen and oxygen atoms in total. The van der Waals surface area contributed by atoms with Crippen molar-refractivity contribution in [1.82, 2.24) is 0 Å². The highest BCUT2D eigenvalue weighted by molar-refractivity contribution is 5.41. The number of phenolic OH excluding ortho intramolecular Hbond substituents is 1. The summed E-state index contributed by atoms with van der Waals surface area (Å²) in [4.78, 5) is 0. The van der Waals surface area contributed by atoms with Crippen LogP contribution in [0.2, 0.25) is 0 Å². The molecule has 0 heterocycles. The lowest BCUT2D eigenvalue weighted by atomic mass is 10.1. The fourth-order valence-corrected chi connectivity index (χ4v) is 1.52. The molecule has 17 heavy (non-hydrogen) atoms. The van der Waals surface area contributed by atoms with Gasteiger partial charge in [0.2, 0.25) is 0 Å². The Morgan fingerprint density at radius 1 is 1.06 bits per heavy atom. The number of hydrogen-bond donors (Lipinski definition) is 1. The minimum Gasteiger partial charge on any atom is -0.508 e. The molecule has 0 saturated heterocycles. The quantitative estimate of drug-likeness (QED) is 0.872. The molecule has 0 fully saturated rings. The van der Waals surface area contributed by atoms with E-state index in [9.17, 15) is 5.11 Å².